The highest BCUT2D eigenvalue weighted by Gasteiger charge is 2.31. The Labute approximate surface area is 131 Å². The van der Waals surface area contributed by atoms with E-state index in [9.17, 15) is 18.5 Å². The highest BCUT2D eigenvalue weighted by Crippen LogP contribution is 2.30. The smallest absolute Gasteiger partial charge is 0.270 e. The van der Waals surface area contributed by atoms with Crippen molar-refractivity contribution in [1.29, 1.82) is 0 Å². The molecule has 0 spiro atoms. The van der Waals surface area contributed by atoms with Crippen molar-refractivity contribution in [3.05, 3.63) is 32.8 Å². The van der Waals surface area contributed by atoms with Crippen molar-refractivity contribution in [3.8, 4) is 0 Å². The number of nitro benzene ring substituents is 1. The lowest BCUT2D eigenvalue weighted by Gasteiger charge is -2.30. The number of hydrogen-bond donors (Lipinski definition) is 0. The molecular formula is C12H15BrN2O5S. The van der Waals surface area contributed by atoms with Crippen LogP contribution in [0.2, 0.25) is 0 Å². The Bertz CT molecular complexity index is 641. The summed E-state index contributed by atoms with van der Waals surface area (Å²) in [5, 5.41) is 10.8. The molecule has 0 aliphatic carbocycles. The van der Waals surface area contributed by atoms with Gasteiger partial charge in [-0.1, -0.05) is 0 Å². The highest BCUT2D eigenvalue weighted by atomic mass is 79.9. The minimum Gasteiger partial charge on any atom is -0.381 e. The summed E-state index contributed by atoms with van der Waals surface area (Å²) >= 11 is 3.15. The quantitative estimate of drug-likeness (QED) is 0.591. The molecule has 0 amide bonds. The van der Waals surface area contributed by atoms with Crippen LogP contribution in [0.3, 0.4) is 0 Å². The lowest BCUT2D eigenvalue weighted by Crippen LogP contribution is -2.40. The average molecular weight is 379 g/mol. The van der Waals surface area contributed by atoms with Crippen molar-refractivity contribution in [2.45, 2.75) is 23.8 Å². The summed E-state index contributed by atoms with van der Waals surface area (Å²) in [6.07, 6.45) is 1.29. The number of benzene rings is 1. The molecule has 2 rings (SSSR count). The molecule has 0 bridgehead atoms. The standard InChI is InChI=1S/C12H15BrN2O5S/c1-20-10-4-6-14(7-5-10)21(18,19)12-8-9(15(16)17)2-3-11(12)13/h2-3,8,10H,4-7H2,1H3. The molecule has 0 atom stereocenters. The zero-order chi connectivity index (χ0) is 15.6. The van der Waals surface area contributed by atoms with Crippen molar-refractivity contribution in [1.82, 2.24) is 4.31 Å². The Morgan fingerprint density at radius 2 is 2.00 bits per heavy atom. The maximum absolute atomic E-state index is 12.6. The summed E-state index contributed by atoms with van der Waals surface area (Å²) in [6.45, 7) is 0.686. The van der Waals surface area contributed by atoms with E-state index >= 15 is 0 Å². The number of halogens is 1. The third kappa shape index (κ3) is 3.42. The third-order valence-electron chi connectivity index (χ3n) is 3.48. The number of rotatable bonds is 4. The number of non-ortho nitro benzene ring substituents is 1. The van der Waals surface area contributed by atoms with Crippen molar-refractivity contribution >= 4 is 31.6 Å². The molecule has 0 saturated carbocycles. The Balaban J connectivity index is 2.32. The van der Waals surface area contributed by atoms with Gasteiger partial charge >= 0.3 is 0 Å². The molecule has 0 aromatic heterocycles. The Morgan fingerprint density at radius 3 is 2.52 bits per heavy atom. The van der Waals surface area contributed by atoms with E-state index in [1.54, 1.807) is 7.11 Å². The molecule has 0 N–H and O–H groups in total. The minimum absolute atomic E-state index is 0.0602. The Morgan fingerprint density at radius 1 is 1.38 bits per heavy atom. The van der Waals surface area contributed by atoms with Crippen LogP contribution in [0.4, 0.5) is 5.69 Å². The molecule has 1 aromatic rings. The van der Waals surface area contributed by atoms with E-state index in [-0.39, 0.29) is 16.7 Å². The zero-order valence-electron chi connectivity index (χ0n) is 11.4. The number of hydrogen-bond acceptors (Lipinski definition) is 5. The summed E-state index contributed by atoms with van der Waals surface area (Å²) in [6, 6.07) is 3.73. The molecule has 116 valence electrons. The summed E-state index contributed by atoms with van der Waals surface area (Å²) in [7, 11) is -2.15. The zero-order valence-corrected chi connectivity index (χ0v) is 13.8. The van der Waals surface area contributed by atoms with Crippen molar-refractivity contribution < 1.29 is 18.1 Å². The average Bonchev–Trinajstić information content (AvgIpc) is 2.47. The van der Waals surface area contributed by atoms with Gasteiger partial charge in [-0.05, 0) is 34.8 Å². The van der Waals surface area contributed by atoms with Gasteiger partial charge in [0.25, 0.3) is 5.69 Å². The highest BCUT2D eigenvalue weighted by molar-refractivity contribution is 9.10. The van der Waals surface area contributed by atoms with Gasteiger partial charge in [0.15, 0.2) is 0 Å². The van der Waals surface area contributed by atoms with Crippen molar-refractivity contribution in [2.75, 3.05) is 20.2 Å². The lowest BCUT2D eigenvalue weighted by atomic mass is 10.1. The van der Waals surface area contributed by atoms with Crippen LogP contribution in [0.25, 0.3) is 0 Å². The second kappa shape index (κ2) is 6.39. The molecule has 7 nitrogen and oxygen atoms in total. The Kier molecular flexibility index (Phi) is 4.97. The van der Waals surface area contributed by atoms with Crippen LogP contribution in [0.1, 0.15) is 12.8 Å². The molecule has 1 saturated heterocycles. The molecule has 21 heavy (non-hydrogen) atoms. The second-order valence-corrected chi connectivity index (χ2v) is 7.47. The number of methoxy groups -OCH3 is 1. The molecule has 1 heterocycles. The molecule has 0 unspecified atom stereocenters. The molecule has 9 heteroatoms. The number of piperidine rings is 1. The molecule has 1 aliphatic heterocycles. The Hall–Kier alpha value is -1.03. The van der Waals surface area contributed by atoms with Crippen LogP contribution in [0.5, 0.6) is 0 Å². The predicted molar refractivity (Wildman–Crippen MR) is 79.6 cm³/mol. The van der Waals surface area contributed by atoms with Gasteiger partial charge < -0.3 is 4.74 Å². The SMILES string of the molecule is COC1CCN(S(=O)(=O)c2cc([N+](=O)[O-])ccc2Br)CC1. The van der Waals surface area contributed by atoms with Gasteiger partial charge in [-0.2, -0.15) is 4.31 Å². The number of ether oxygens (including phenoxy) is 1. The maximum atomic E-state index is 12.6. The minimum atomic E-state index is -3.75. The van der Waals surface area contributed by atoms with Crippen LogP contribution in [-0.4, -0.2) is 43.9 Å². The first-order chi connectivity index (χ1) is 9.86. The summed E-state index contributed by atoms with van der Waals surface area (Å²) in [5.74, 6) is 0. The van der Waals surface area contributed by atoms with E-state index in [0.29, 0.717) is 30.4 Å². The summed E-state index contributed by atoms with van der Waals surface area (Å²) in [5.41, 5.74) is -0.247. The van der Waals surface area contributed by atoms with E-state index in [1.807, 2.05) is 0 Å². The summed E-state index contributed by atoms with van der Waals surface area (Å²) < 4.78 is 32.1. The molecule has 1 fully saturated rings. The van der Waals surface area contributed by atoms with Gasteiger partial charge in [0, 0.05) is 36.8 Å². The van der Waals surface area contributed by atoms with Gasteiger partial charge in [0.05, 0.1) is 11.0 Å². The van der Waals surface area contributed by atoms with Crippen LogP contribution in [0.15, 0.2) is 27.6 Å². The van der Waals surface area contributed by atoms with E-state index in [2.05, 4.69) is 15.9 Å². The molecule has 0 radical (unpaired) electrons. The number of nitro groups is 1. The number of sulfonamides is 1. The monoisotopic (exact) mass is 378 g/mol. The number of nitrogens with zero attached hydrogens (tertiary/aromatic N) is 2. The van der Waals surface area contributed by atoms with Gasteiger partial charge in [-0.25, -0.2) is 8.42 Å². The van der Waals surface area contributed by atoms with Crippen molar-refractivity contribution in [3.63, 3.8) is 0 Å². The molecule has 1 aromatic carbocycles. The van der Waals surface area contributed by atoms with Crippen molar-refractivity contribution in [2.24, 2.45) is 0 Å². The largest absolute Gasteiger partial charge is 0.381 e. The van der Waals surface area contributed by atoms with Gasteiger partial charge in [-0.3, -0.25) is 10.1 Å². The fraction of sp³-hybridized carbons (Fsp3) is 0.500. The normalized spacial score (nSPS) is 17.8. The van der Waals surface area contributed by atoms with E-state index in [4.69, 9.17) is 4.74 Å². The van der Waals surface area contributed by atoms with E-state index < -0.39 is 14.9 Å². The first-order valence-electron chi connectivity index (χ1n) is 6.33. The van der Waals surface area contributed by atoms with E-state index in [0.717, 1.165) is 6.07 Å². The van der Waals surface area contributed by atoms with Gasteiger partial charge in [0.2, 0.25) is 10.0 Å². The fourth-order valence-electron chi connectivity index (χ4n) is 2.25. The fourth-order valence-corrected chi connectivity index (χ4v) is 4.66. The first kappa shape index (κ1) is 16.3. The third-order valence-corrected chi connectivity index (χ3v) is 6.37. The van der Waals surface area contributed by atoms with Gasteiger partial charge in [0.1, 0.15) is 4.90 Å². The summed E-state index contributed by atoms with van der Waals surface area (Å²) in [4.78, 5) is 10.1. The van der Waals surface area contributed by atoms with Crippen LogP contribution in [0, 0.1) is 10.1 Å². The van der Waals surface area contributed by atoms with Crippen LogP contribution < -0.4 is 0 Å². The first-order valence-corrected chi connectivity index (χ1v) is 8.56. The van der Waals surface area contributed by atoms with Gasteiger partial charge in [-0.15, -0.1) is 0 Å². The second-order valence-electron chi connectivity index (χ2n) is 4.71. The topological polar surface area (TPSA) is 89.8 Å². The predicted octanol–water partition coefficient (Wildman–Crippen LogP) is 2.16. The molecule has 1 aliphatic rings. The lowest BCUT2D eigenvalue weighted by molar-refractivity contribution is -0.385. The van der Waals surface area contributed by atoms with Crippen LogP contribution >= 0.6 is 15.9 Å². The van der Waals surface area contributed by atoms with E-state index in [1.165, 1.54) is 16.4 Å². The van der Waals surface area contributed by atoms with Crippen LogP contribution in [-0.2, 0) is 14.8 Å². The maximum Gasteiger partial charge on any atom is 0.270 e. The molecular weight excluding hydrogens is 364 g/mol.